The van der Waals surface area contributed by atoms with E-state index in [4.69, 9.17) is 11.6 Å². The van der Waals surface area contributed by atoms with Crippen LogP contribution in [0.15, 0.2) is 48.5 Å². The van der Waals surface area contributed by atoms with Gasteiger partial charge in [-0.15, -0.1) is 0 Å². The Morgan fingerprint density at radius 1 is 1.05 bits per heavy atom. The maximum atomic E-state index is 11.9. The van der Waals surface area contributed by atoms with Crippen molar-refractivity contribution in [2.24, 2.45) is 0 Å². The molecule has 0 aliphatic carbocycles. The number of halogens is 1. The molecule has 0 aliphatic rings. The van der Waals surface area contributed by atoms with E-state index in [9.17, 15) is 9.59 Å². The molecular weight excluding hydrogens is 300 g/mol. The number of amides is 2. The van der Waals surface area contributed by atoms with Gasteiger partial charge in [-0.2, -0.15) is 0 Å². The molecule has 2 aromatic rings. The van der Waals surface area contributed by atoms with Crippen LogP contribution in [0.1, 0.15) is 21.5 Å². The average molecular weight is 317 g/mol. The highest BCUT2D eigenvalue weighted by Crippen LogP contribution is 2.10. The monoisotopic (exact) mass is 316 g/mol. The average Bonchev–Trinajstić information content (AvgIpc) is 2.51. The number of carbonyl (C=O) groups is 2. The minimum atomic E-state index is -0.266. The normalized spacial score (nSPS) is 10.1. The fourth-order valence-corrected chi connectivity index (χ4v) is 2.09. The van der Waals surface area contributed by atoms with Gasteiger partial charge < -0.3 is 10.6 Å². The van der Waals surface area contributed by atoms with Crippen LogP contribution >= 0.6 is 11.6 Å². The van der Waals surface area contributed by atoms with Gasteiger partial charge in [0.15, 0.2) is 0 Å². The first kappa shape index (κ1) is 16.0. The second-order valence-electron chi connectivity index (χ2n) is 4.96. The van der Waals surface area contributed by atoms with Crippen molar-refractivity contribution in [3.05, 3.63) is 70.2 Å². The minimum Gasteiger partial charge on any atom is -0.350 e. The lowest BCUT2D eigenvalue weighted by atomic mass is 10.1. The van der Waals surface area contributed by atoms with Crippen LogP contribution in [0, 0.1) is 6.92 Å². The van der Waals surface area contributed by atoms with Crippen molar-refractivity contribution in [1.29, 1.82) is 0 Å². The van der Waals surface area contributed by atoms with Crippen LogP contribution in [0.2, 0.25) is 5.02 Å². The van der Waals surface area contributed by atoms with Crippen molar-refractivity contribution in [3.63, 3.8) is 0 Å². The molecule has 0 atom stereocenters. The first-order chi connectivity index (χ1) is 10.5. The Hall–Kier alpha value is -2.33. The number of rotatable bonds is 5. The summed E-state index contributed by atoms with van der Waals surface area (Å²) in [5.74, 6) is -0.515. The highest BCUT2D eigenvalue weighted by molar-refractivity contribution is 6.30. The van der Waals surface area contributed by atoms with Crippen LogP contribution < -0.4 is 10.6 Å². The first-order valence-electron chi connectivity index (χ1n) is 6.90. The fraction of sp³-hybridized carbons (Fsp3) is 0.176. The molecule has 0 saturated carbocycles. The smallest absolute Gasteiger partial charge is 0.251 e. The molecule has 0 radical (unpaired) electrons. The SMILES string of the molecule is Cc1ccc(C(=O)NCC(=O)NCc2cccc(Cl)c2)cc1. The van der Waals surface area contributed by atoms with E-state index in [-0.39, 0.29) is 18.4 Å². The van der Waals surface area contributed by atoms with Crippen LogP contribution in [-0.2, 0) is 11.3 Å². The highest BCUT2D eigenvalue weighted by atomic mass is 35.5. The van der Waals surface area contributed by atoms with Gasteiger partial charge in [0.2, 0.25) is 5.91 Å². The molecule has 0 fully saturated rings. The van der Waals surface area contributed by atoms with Gasteiger partial charge >= 0.3 is 0 Å². The molecule has 0 heterocycles. The van der Waals surface area contributed by atoms with Crippen LogP contribution in [0.5, 0.6) is 0 Å². The van der Waals surface area contributed by atoms with E-state index < -0.39 is 0 Å². The zero-order valence-electron chi connectivity index (χ0n) is 12.2. The summed E-state index contributed by atoms with van der Waals surface area (Å²) >= 11 is 5.87. The van der Waals surface area contributed by atoms with E-state index in [1.54, 1.807) is 24.3 Å². The molecule has 4 nitrogen and oxygen atoms in total. The minimum absolute atomic E-state index is 0.0622. The molecule has 5 heteroatoms. The van der Waals surface area contributed by atoms with E-state index in [1.807, 2.05) is 31.2 Å². The maximum absolute atomic E-state index is 11.9. The summed E-state index contributed by atoms with van der Waals surface area (Å²) in [6, 6.07) is 14.4. The molecular formula is C17H17ClN2O2. The molecule has 114 valence electrons. The number of aryl methyl sites for hydroxylation is 1. The Labute approximate surface area is 134 Å². The predicted octanol–water partition coefficient (Wildman–Crippen LogP) is 2.69. The molecule has 0 spiro atoms. The molecule has 2 N–H and O–H groups in total. The van der Waals surface area contributed by atoms with Gasteiger partial charge in [0.05, 0.1) is 6.54 Å². The Morgan fingerprint density at radius 3 is 2.45 bits per heavy atom. The molecule has 2 rings (SSSR count). The van der Waals surface area contributed by atoms with E-state index in [0.29, 0.717) is 17.1 Å². The van der Waals surface area contributed by atoms with Gasteiger partial charge in [0.25, 0.3) is 5.91 Å². The molecule has 0 bridgehead atoms. The molecule has 0 saturated heterocycles. The van der Waals surface area contributed by atoms with Crippen LogP contribution in [0.4, 0.5) is 0 Å². The topological polar surface area (TPSA) is 58.2 Å². The largest absolute Gasteiger partial charge is 0.350 e. The Morgan fingerprint density at radius 2 is 1.77 bits per heavy atom. The number of carbonyl (C=O) groups excluding carboxylic acids is 2. The summed E-state index contributed by atoms with van der Waals surface area (Å²) in [6.45, 7) is 2.26. The molecule has 0 unspecified atom stereocenters. The van der Waals surface area contributed by atoms with Crippen molar-refractivity contribution in [2.75, 3.05) is 6.54 Å². The van der Waals surface area contributed by atoms with E-state index >= 15 is 0 Å². The van der Waals surface area contributed by atoms with Crippen molar-refractivity contribution in [3.8, 4) is 0 Å². The Balaban J connectivity index is 1.78. The van der Waals surface area contributed by atoms with E-state index in [0.717, 1.165) is 11.1 Å². The van der Waals surface area contributed by atoms with Crippen LogP contribution in [0.3, 0.4) is 0 Å². The Kier molecular flexibility index (Phi) is 5.55. The fourth-order valence-electron chi connectivity index (χ4n) is 1.88. The van der Waals surface area contributed by atoms with Crippen molar-refractivity contribution in [1.82, 2.24) is 10.6 Å². The third kappa shape index (κ3) is 4.90. The Bertz CT molecular complexity index is 669. The lowest BCUT2D eigenvalue weighted by Gasteiger charge is -2.07. The van der Waals surface area contributed by atoms with Crippen molar-refractivity contribution >= 4 is 23.4 Å². The van der Waals surface area contributed by atoms with E-state index in [1.165, 1.54) is 0 Å². The highest BCUT2D eigenvalue weighted by Gasteiger charge is 2.07. The lowest BCUT2D eigenvalue weighted by molar-refractivity contribution is -0.120. The zero-order chi connectivity index (χ0) is 15.9. The second-order valence-corrected chi connectivity index (χ2v) is 5.39. The molecule has 22 heavy (non-hydrogen) atoms. The number of hydrogen-bond donors (Lipinski definition) is 2. The van der Waals surface area contributed by atoms with Crippen molar-refractivity contribution < 1.29 is 9.59 Å². The number of hydrogen-bond acceptors (Lipinski definition) is 2. The summed E-state index contributed by atoms with van der Waals surface area (Å²) in [5, 5.41) is 5.94. The molecule has 0 aromatic heterocycles. The third-order valence-electron chi connectivity index (χ3n) is 3.10. The standard InChI is InChI=1S/C17H17ClN2O2/c1-12-5-7-14(8-6-12)17(22)20-11-16(21)19-10-13-3-2-4-15(18)9-13/h2-9H,10-11H2,1H3,(H,19,21)(H,20,22). The first-order valence-corrected chi connectivity index (χ1v) is 7.28. The van der Waals surface area contributed by atoms with Gasteiger partial charge in [-0.1, -0.05) is 41.4 Å². The van der Waals surface area contributed by atoms with Gasteiger partial charge in [-0.3, -0.25) is 9.59 Å². The molecule has 2 aromatic carbocycles. The second kappa shape index (κ2) is 7.61. The van der Waals surface area contributed by atoms with Crippen LogP contribution in [-0.4, -0.2) is 18.4 Å². The summed E-state index contributed by atoms with van der Waals surface area (Å²) in [7, 11) is 0. The third-order valence-corrected chi connectivity index (χ3v) is 3.34. The lowest BCUT2D eigenvalue weighted by Crippen LogP contribution is -2.36. The number of benzene rings is 2. The summed E-state index contributed by atoms with van der Waals surface area (Å²) in [4.78, 5) is 23.6. The van der Waals surface area contributed by atoms with Crippen molar-refractivity contribution in [2.45, 2.75) is 13.5 Å². The van der Waals surface area contributed by atoms with E-state index in [2.05, 4.69) is 10.6 Å². The quantitative estimate of drug-likeness (QED) is 0.891. The summed E-state index contributed by atoms with van der Waals surface area (Å²) in [6.07, 6.45) is 0. The molecule has 0 aliphatic heterocycles. The van der Waals surface area contributed by atoms with Gasteiger partial charge in [-0.25, -0.2) is 0 Å². The zero-order valence-corrected chi connectivity index (χ0v) is 13.0. The summed E-state index contributed by atoms with van der Waals surface area (Å²) < 4.78 is 0. The van der Waals surface area contributed by atoms with Gasteiger partial charge in [-0.05, 0) is 36.8 Å². The molecule has 2 amide bonds. The van der Waals surface area contributed by atoms with Crippen LogP contribution in [0.25, 0.3) is 0 Å². The number of nitrogens with one attached hydrogen (secondary N) is 2. The van der Waals surface area contributed by atoms with Gasteiger partial charge in [0.1, 0.15) is 0 Å². The summed E-state index contributed by atoms with van der Waals surface area (Å²) in [5.41, 5.74) is 2.52. The predicted molar refractivity (Wildman–Crippen MR) is 86.8 cm³/mol. The maximum Gasteiger partial charge on any atom is 0.251 e. The van der Waals surface area contributed by atoms with Gasteiger partial charge in [0, 0.05) is 17.1 Å².